The zero-order valence-corrected chi connectivity index (χ0v) is 15.1. The van der Waals surface area contributed by atoms with Crippen molar-refractivity contribution in [3.05, 3.63) is 92.1 Å². The molecule has 1 aliphatic rings. The number of fused-ring (bicyclic) bond motifs is 3. The van der Waals surface area contributed by atoms with Gasteiger partial charge in [-0.15, -0.1) is 0 Å². The van der Waals surface area contributed by atoms with Gasteiger partial charge in [0.25, 0.3) is 5.56 Å². The molecule has 0 amide bonds. The number of nitrogens with zero attached hydrogens (tertiary/aromatic N) is 1. The van der Waals surface area contributed by atoms with Gasteiger partial charge < -0.3 is 4.98 Å². The summed E-state index contributed by atoms with van der Waals surface area (Å²) in [5, 5.41) is 0. The van der Waals surface area contributed by atoms with E-state index in [4.69, 9.17) is 0 Å². The van der Waals surface area contributed by atoms with Crippen LogP contribution in [0.25, 0.3) is 11.3 Å². The first kappa shape index (κ1) is 16.6. The lowest BCUT2D eigenvalue weighted by atomic mass is 9.69. The van der Waals surface area contributed by atoms with Gasteiger partial charge in [0.05, 0.1) is 12.2 Å². The number of aromatic nitrogens is 2. The van der Waals surface area contributed by atoms with Crippen molar-refractivity contribution in [2.45, 2.75) is 38.6 Å². The van der Waals surface area contributed by atoms with E-state index in [0.29, 0.717) is 5.69 Å². The Kier molecular flexibility index (Phi) is 3.91. The van der Waals surface area contributed by atoms with Crippen molar-refractivity contribution in [3.8, 4) is 11.3 Å². The molecular formula is C22H22N2O2. The van der Waals surface area contributed by atoms with Crippen LogP contribution in [0.15, 0.2) is 64.2 Å². The Bertz CT molecular complexity index is 1080. The first-order valence-electron chi connectivity index (χ1n) is 9.03. The van der Waals surface area contributed by atoms with E-state index in [1.807, 2.05) is 48.5 Å². The number of benzene rings is 2. The molecule has 0 radical (unpaired) electrons. The summed E-state index contributed by atoms with van der Waals surface area (Å²) in [6, 6.07) is 17.6. The molecule has 1 aromatic heterocycles. The summed E-state index contributed by atoms with van der Waals surface area (Å²) in [6.45, 7) is 4.50. The molecule has 0 bridgehead atoms. The summed E-state index contributed by atoms with van der Waals surface area (Å²) in [7, 11) is 0. The molecule has 4 nitrogen and oxygen atoms in total. The zero-order valence-electron chi connectivity index (χ0n) is 15.1. The van der Waals surface area contributed by atoms with E-state index in [9.17, 15) is 9.59 Å². The fraction of sp³-hybridized carbons (Fsp3) is 0.273. The van der Waals surface area contributed by atoms with Gasteiger partial charge in [-0.1, -0.05) is 68.4 Å². The Morgan fingerprint density at radius 1 is 1.04 bits per heavy atom. The standard InChI is InChI=1S/C22H22N2O2/c1-3-22(2)13-16-11-7-8-12-17(16)19-18(22)20(25)24(21(26)23-19)14-15-9-5-4-6-10-15/h4-12H,3,13-14H2,1-2H3,(H,23,26). The van der Waals surface area contributed by atoms with Crippen LogP contribution in [0, 0.1) is 0 Å². The van der Waals surface area contributed by atoms with Gasteiger partial charge in [-0.05, 0) is 24.0 Å². The van der Waals surface area contributed by atoms with Crippen LogP contribution < -0.4 is 11.2 Å². The number of hydrogen-bond acceptors (Lipinski definition) is 2. The molecule has 1 unspecified atom stereocenters. The molecule has 0 spiro atoms. The van der Waals surface area contributed by atoms with Crippen LogP contribution in [-0.2, 0) is 18.4 Å². The second-order valence-electron chi connectivity index (χ2n) is 7.31. The normalized spacial score (nSPS) is 18.2. The van der Waals surface area contributed by atoms with E-state index in [1.54, 1.807) is 0 Å². The second kappa shape index (κ2) is 6.13. The first-order valence-corrected chi connectivity index (χ1v) is 9.03. The number of rotatable bonds is 3. The molecule has 0 saturated heterocycles. The molecule has 1 aliphatic carbocycles. The van der Waals surface area contributed by atoms with Crippen LogP contribution in [0.1, 0.15) is 37.0 Å². The minimum absolute atomic E-state index is 0.175. The van der Waals surface area contributed by atoms with Crippen LogP contribution >= 0.6 is 0 Å². The number of hydrogen-bond donors (Lipinski definition) is 1. The lowest BCUT2D eigenvalue weighted by molar-refractivity contribution is 0.433. The summed E-state index contributed by atoms with van der Waals surface area (Å²) < 4.78 is 1.33. The minimum atomic E-state index is -0.354. The summed E-state index contributed by atoms with van der Waals surface area (Å²) in [5.74, 6) is 0. The third kappa shape index (κ3) is 2.53. The van der Waals surface area contributed by atoms with E-state index in [-0.39, 0.29) is 23.2 Å². The molecule has 4 heteroatoms. The average Bonchev–Trinajstić information content (AvgIpc) is 2.65. The van der Waals surface area contributed by atoms with Crippen molar-refractivity contribution in [2.75, 3.05) is 0 Å². The average molecular weight is 346 g/mol. The second-order valence-corrected chi connectivity index (χ2v) is 7.31. The molecule has 4 rings (SSSR count). The summed E-state index contributed by atoms with van der Waals surface area (Å²) in [4.78, 5) is 29.1. The maximum absolute atomic E-state index is 13.4. The lowest BCUT2D eigenvalue weighted by Gasteiger charge is -2.35. The number of H-pyrrole nitrogens is 1. The maximum Gasteiger partial charge on any atom is 0.329 e. The SMILES string of the molecule is CCC1(C)Cc2ccccc2-c2[nH]c(=O)n(Cc3ccccc3)c(=O)c21. The van der Waals surface area contributed by atoms with Crippen LogP contribution in [0.3, 0.4) is 0 Å². The Morgan fingerprint density at radius 3 is 2.46 bits per heavy atom. The largest absolute Gasteiger partial charge is 0.329 e. The Hall–Kier alpha value is -2.88. The predicted molar refractivity (Wildman–Crippen MR) is 104 cm³/mol. The molecule has 1 atom stereocenters. The van der Waals surface area contributed by atoms with Gasteiger partial charge in [-0.3, -0.25) is 9.36 Å². The van der Waals surface area contributed by atoms with Gasteiger partial charge in [-0.25, -0.2) is 4.79 Å². The van der Waals surface area contributed by atoms with E-state index < -0.39 is 0 Å². The third-order valence-electron chi connectivity index (χ3n) is 5.62. The number of nitrogens with one attached hydrogen (secondary N) is 1. The molecule has 0 aliphatic heterocycles. The fourth-order valence-corrected chi connectivity index (χ4v) is 3.97. The quantitative estimate of drug-likeness (QED) is 0.789. The van der Waals surface area contributed by atoms with Crippen molar-refractivity contribution < 1.29 is 0 Å². The Labute approximate surface area is 152 Å². The summed E-state index contributed by atoms with van der Waals surface area (Å²) in [5.41, 5.74) is 3.69. The van der Waals surface area contributed by atoms with E-state index >= 15 is 0 Å². The Morgan fingerprint density at radius 2 is 1.73 bits per heavy atom. The van der Waals surface area contributed by atoms with Gasteiger partial charge in [0, 0.05) is 16.5 Å². The van der Waals surface area contributed by atoms with E-state index in [2.05, 4.69) is 24.9 Å². The van der Waals surface area contributed by atoms with Gasteiger partial charge >= 0.3 is 5.69 Å². The molecule has 0 saturated carbocycles. The van der Waals surface area contributed by atoms with Crippen molar-refractivity contribution in [3.63, 3.8) is 0 Å². The molecule has 132 valence electrons. The van der Waals surface area contributed by atoms with Crippen LogP contribution in [0.2, 0.25) is 0 Å². The molecule has 0 fully saturated rings. The molecular weight excluding hydrogens is 324 g/mol. The highest BCUT2D eigenvalue weighted by atomic mass is 16.2. The molecule has 2 aromatic carbocycles. The predicted octanol–water partition coefficient (Wildman–Crippen LogP) is 3.48. The summed E-state index contributed by atoms with van der Waals surface area (Å²) >= 11 is 0. The highest BCUT2D eigenvalue weighted by Gasteiger charge is 2.37. The van der Waals surface area contributed by atoms with Gasteiger partial charge in [0.15, 0.2) is 0 Å². The van der Waals surface area contributed by atoms with Gasteiger partial charge in [0.2, 0.25) is 0 Å². The van der Waals surface area contributed by atoms with Crippen molar-refractivity contribution in [2.24, 2.45) is 0 Å². The molecule has 3 aromatic rings. The molecule has 1 N–H and O–H groups in total. The van der Waals surface area contributed by atoms with Crippen molar-refractivity contribution >= 4 is 0 Å². The van der Waals surface area contributed by atoms with E-state index in [0.717, 1.165) is 29.5 Å². The van der Waals surface area contributed by atoms with Crippen molar-refractivity contribution in [1.82, 2.24) is 9.55 Å². The highest BCUT2D eigenvalue weighted by molar-refractivity contribution is 5.71. The topological polar surface area (TPSA) is 54.9 Å². The van der Waals surface area contributed by atoms with E-state index in [1.165, 1.54) is 10.1 Å². The van der Waals surface area contributed by atoms with Gasteiger partial charge in [0.1, 0.15) is 0 Å². The molecule has 1 heterocycles. The smallest absolute Gasteiger partial charge is 0.306 e. The number of aromatic amines is 1. The summed E-state index contributed by atoms with van der Waals surface area (Å²) in [6.07, 6.45) is 1.64. The fourth-order valence-electron chi connectivity index (χ4n) is 3.97. The van der Waals surface area contributed by atoms with Crippen LogP contribution in [0.5, 0.6) is 0 Å². The molecule has 26 heavy (non-hydrogen) atoms. The Balaban J connectivity index is 1.97. The maximum atomic E-state index is 13.4. The van der Waals surface area contributed by atoms with Crippen molar-refractivity contribution in [1.29, 1.82) is 0 Å². The lowest BCUT2D eigenvalue weighted by Crippen LogP contribution is -2.45. The third-order valence-corrected chi connectivity index (χ3v) is 5.62. The van der Waals surface area contributed by atoms with Crippen LogP contribution in [-0.4, -0.2) is 9.55 Å². The van der Waals surface area contributed by atoms with Crippen LogP contribution in [0.4, 0.5) is 0 Å². The monoisotopic (exact) mass is 346 g/mol. The minimum Gasteiger partial charge on any atom is -0.306 e. The zero-order chi connectivity index (χ0) is 18.3. The highest BCUT2D eigenvalue weighted by Crippen LogP contribution is 2.41. The van der Waals surface area contributed by atoms with Gasteiger partial charge in [-0.2, -0.15) is 0 Å². The first-order chi connectivity index (χ1) is 12.5.